The van der Waals surface area contributed by atoms with Crippen LogP contribution in [0.4, 0.5) is 0 Å². The molecule has 25 heavy (non-hydrogen) atoms. The fourth-order valence-corrected chi connectivity index (χ4v) is 3.15. The lowest BCUT2D eigenvalue weighted by Gasteiger charge is -2.19. The van der Waals surface area contributed by atoms with E-state index >= 15 is 0 Å². The fourth-order valence-electron chi connectivity index (χ4n) is 2.31. The van der Waals surface area contributed by atoms with E-state index in [9.17, 15) is 14.2 Å². The number of benzene rings is 2. The highest BCUT2D eigenvalue weighted by Gasteiger charge is 2.31. The molecule has 3 atom stereocenters. The lowest BCUT2D eigenvalue weighted by Crippen LogP contribution is -2.22. The molecule has 2 aromatic carbocycles. The van der Waals surface area contributed by atoms with Crippen LogP contribution in [-0.2, 0) is 27.2 Å². The molecular weight excluding hydrogens is 366 g/mol. The van der Waals surface area contributed by atoms with Crippen molar-refractivity contribution >= 4 is 27.3 Å². The summed E-state index contributed by atoms with van der Waals surface area (Å²) in [6.07, 6.45) is -0.967. The van der Waals surface area contributed by atoms with E-state index in [2.05, 4.69) is 9.05 Å². The first-order valence-electron chi connectivity index (χ1n) is 7.50. The second-order valence-electron chi connectivity index (χ2n) is 5.22. The molecule has 0 aliphatic rings. The number of aliphatic hydroxyl groups is 1. The van der Waals surface area contributed by atoms with E-state index in [1.165, 1.54) is 14.2 Å². The molecule has 0 bridgehead atoms. The van der Waals surface area contributed by atoms with E-state index < -0.39 is 28.5 Å². The maximum atomic E-state index is 11.3. The van der Waals surface area contributed by atoms with Crippen molar-refractivity contribution in [2.75, 3.05) is 27.4 Å². The van der Waals surface area contributed by atoms with Crippen LogP contribution in [0.15, 0.2) is 42.5 Å². The smallest absolute Gasteiger partial charge is 0.388 e. The molecule has 0 aliphatic heterocycles. The van der Waals surface area contributed by atoms with Gasteiger partial charge in [-0.3, -0.25) is 0 Å². The number of aliphatic hydroxyl groups excluding tert-OH is 1. The summed E-state index contributed by atoms with van der Waals surface area (Å²) in [5.41, 5.74) is 0.649. The minimum Gasteiger partial charge on any atom is -0.388 e. The summed E-state index contributed by atoms with van der Waals surface area (Å²) in [7, 11) is -2.05. The summed E-state index contributed by atoms with van der Waals surface area (Å²) >= 11 is 0. The minimum absolute atomic E-state index is 0.0933. The zero-order valence-corrected chi connectivity index (χ0v) is 15.7. The molecule has 0 radical (unpaired) electrons. The van der Waals surface area contributed by atoms with Gasteiger partial charge in [0, 0.05) is 15.0 Å². The van der Waals surface area contributed by atoms with Gasteiger partial charge in [-0.25, -0.2) is 0 Å². The summed E-state index contributed by atoms with van der Waals surface area (Å²) in [5.74, 6) is -0.607. The first-order chi connectivity index (χ1) is 12.0. The van der Waals surface area contributed by atoms with Gasteiger partial charge in [0.15, 0.2) is 0 Å². The van der Waals surface area contributed by atoms with E-state index in [0.29, 0.717) is 5.56 Å². The van der Waals surface area contributed by atoms with Gasteiger partial charge in [0.2, 0.25) is 0 Å². The van der Waals surface area contributed by atoms with E-state index in [-0.39, 0.29) is 13.2 Å². The maximum Gasteiger partial charge on any atom is 0.697 e. The van der Waals surface area contributed by atoms with Gasteiger partial charge < -0.3 is 5.11 Å². The average molecular weight is 386 g/mol. The molecule has 0 heterocycles. The minimum atomic E-state index is -2.28. The van der Waals surface area contributed by atoms with Gasteiger partial charge in [0.05, 0.1) is 20.3 Å². The van der Waals surface area contributed by atoms with Crippen molar-refractivity contribution < 1.29 is 32.3 Å². The first-order valence-corrected chi connectivity index (χ1v) is 9.69. The Morgan fingerprint density at radius 1 is 0.920 bits per heavy atom. The number of fused-ring (bicyclic) bond motifs is 1. The highest BCUT2D eigenvalue weighted by atomic mass is 31.1. The molecule has 0 saturated carbocycles. The summed E-state index contributed by atoms with van der Waals surface area (Å²) in [5, 5.41) is 12.7. The first kappa shape index (κ1) is 20.0. The van der Waals surface area contributed by atoms with Crippen LogP contribution in [0.1, 0.15) is 11.7 Å². The number of hydrogen-bond acceptors (Lipinski definition) is 7. The van der Waals surface area contributed by atoms with Crippen LogP contribution in [0.5, 0.6) is 0 Å². The second kappa shape index (κ2) is 10.00. The van der Waals surface area contributed by atoms with Crippen LogP contribution in [0.25, 0.3) is 10.8 Å². The van der Waals surface area contributed by atoms with Crippen molar-refractivity contribution in [2.45, 2.75) is 6.10 Å². The van der Waals surface area contributed by atoms with Gasteiger partial charge in [-0.1, -0.05) is 36.4 Å². The molecule has 2 rings (SSSR count). The Morgan fingerprint density at radius 2 is 1.48 bits per heavy atom. The largest absolute Gasteiger partial charge is 0.697 e. The monoisotopic (exact) mass is 386 g/mol. The third-order valence-corrected chi connectivity index (χ3v) is 4.96. The highest BCUT2D eigenvalue weighted by molar-refractivity contribution is 7.33. The second-order valence-corrected chi connectivity index (χ2v) is 7.36. The summed E-state index contributed by atoms with van der Waals surface area (Å²) in [4.78, 5) is 0. The predicted molar refractivity (Wildman–Crippen MR) is 93.5 cm³/mol. The molecule has 0 aliphatic carbocycles. The molecule has 134 valence electrons. The molecule has 9 heteroatoms. The standard InChI is InChI=1S/C16H20O7P2/c1-20-24(18)22-10-15(11-23-25(19)21-2)16(17)14-8-7-12-5-3-4-6-13(12)9-14/h3-9,15-17H,10-11H2,1-2H3/q+2. The lowest BCUT2D eigenvalue weighted by atomic mass is 9.95. The Kier molecular flexibility index (Phi) is 8.00. The number of hydrogen-bond donors (Lipinski definition) is 1. The Morgan fingerprint density at radius 3 is 2.04 bits per heavy atom. The Labute approximate surface area is 147 Å². The average Bonchev–Trinajstić information content (AvgIpc) is 2.66. The summed E-state index contributed by atoms with van der Waals surface area (Å²) < 4.78 is 42.0. The third kappa shape index (κ3) is 5.87. The molecule has 3 unspecified atom stereocenters. The van der Waals surface area contributed by atoms with E-state index in [4.69, 9.17) is 9.05 Å². The Balaban J connectivity index is 2.16. The molecule has 7 nitrogen and oxygen atoms in total. The molecule has 0 aromatic heterocycles. The zero-order valence-electron chi connectivity index (χ0n) is 13.9. The molecule has 0 amide bonds. The summed E-state index contributed by atoms with van der Waals surface area (Å²) in [6, 6.07) is 13.3. The van der Waals surface area contributed by atoms with Gasteiger partial charge in [-0.2, -0.15) is 0 Å². The normalized spacial score (nSPS) is 15.0. The Bertz CT molecular complexity index is 717. The van der Waals surface area contributed by atoms with Gasteiger partial charge >= 0.3 is 16.5 Å². The van der Waals surface area contributed by atoms with Crippen molar-refractivity contribution in [3.63, 3.8) is 0 Å². The van der Waals surface area contributed by atoms with Crippen LogP contribution in [0.3, 0.4) is 0 Å². The van der Waals surface area contributed by atoms with E-state index in [1.54, 1.807) is 6.07 Å². The van der Waals surface area contributed by atoms with Gasteiger partial charge in [0.1, 0.15) is 13.2 Å². The van der Waals surface area contributed by atoms with Crippen molar-refractivity contribution in [1.29, 1.82) is 0 Å². The Hall–Kier alpha value is -1.30. The fraction of sp³-hybridized carbons (Fsp3) is 0.375. The van der Waals surface area contributed by atoms with Gasteiger partial charge in [-0.15, -0.1) is 18.1 Å². The highest BCUT2D eigenvalue weighted by Crippen LogP contribution is 2.32. The van der Waals surface area contributed by atoms with Crippen molar-refractivity contribution in [3.05, 3.63) is 48.0 Å². The topological polar surface area (TPSA) is 91.3 Å². The molecular formula is C16H20O7P2+2. The van der Waals surface area contributed by atoms with Crippen molar-refractivity contribution in [1.82, 2.24) is 0 Å². The van der Waals surface area contributed by atoms with E-state index in [0.717, 1.165) is 10.8 Å². The summed E-state index contributed by atoms with van der Waals surface area (Å²) in [6.45, 7) is -0.187. The zero-order chi connectivity index (χ0) is 18.2. The van der Waals surface area contributed by atoms with Crippen molar-refractivity contribution in [3.8, 4) is 0 Å². The molecule has 0 spiro atoms. The van der Waals surface area contributed by atoms with Crippen LogP contribution >= 0.6 is 16.5 Å². The third-order valence-electron chi connectivity index (χ3n) is 3.65. The van der Waals surface area contributed by atoms with Crippen LogP contribution in [0.2, 0.25) is 0 Å². The van der Waals surface area contributed by atoms with E-state index in [1.807, 2.05) is 36.4 Å². The predicted octanol–water partition coefficient (Wildman–Crippen LogP) is 4.13. The van der Waals surface area contributed by atoms with Crippen molar-refractivity contribution in [2.24, 2.45) is 5.92 Å². The van der Waals surface area contributed by atoms with Gasteiger partial charge in [0.25, 0.3) is 0 Å². The molecule has 2 aromatic rings. The molecule has 0 fully saturated rings. The van der Waals surface area contributed by atoms with Crippen LogP contribution in [0, 0.1) is 5.92 Å². The van der Waals surface area contributed by atoms with Gasteiger partial charge in [-0.05, 0) is 22.4 Å². The number of rotatable bonds is 10. The lowest BCUT2D eigenvalue weighted by molar-refractivity contribution is 0.0412. The van der Waals surface area contributed by atoms with Crippen LogP contribution < -0.4 is 0 Å². The molecule has 1 N–H and O–H groups in total. The SMILES string of the molecule is CO[P+](=O)OCC(CO[P+](=O)OC)C(O)c1ccc2ccccc2c1. The quantitative estimate of drug-likeness (QED) is 0.614. The van der Waals surface area contributed by atoms with Crippen LogP contribution in [-0.4, -0.2) is 32.5 Å². The molecule has 0 saturated heterocycles. The maximum absolute atomic E-state index is 11.3.